The molecule has 3 heteroatoms. The fraction of sp³-hybridized carbons (Fsp3) is 0.127. The number of allylic oxidation sites excluding steroid dienone is 5. The third-order valence-corrected chi connectivity index (χ3v) is 13.8. The van der Waals surface area contributed by atoms with E-state index in [1.807, 2.05) is 25.3 Å². The van der Waals surface area contributed by atoms with Crippen molar-refractivity contribution in [2.24, 2.45) is 11.8 Å². The summed E-state index contributed by atoms with van der Waals surface area (Å²) in [6.07, 6.45) is 12.5. The van der Waals surface area contributed by atoms with Gasteiger partial charge in [-0.15, -0.1) is 5.92 Å². The lowest BCUT2D eigenvalue weighted by molar-refractivity contribution is 0.468. The fourth-order valence-electron chi connectivity index (χ4n) is 10.1. The minimum absolute atomic E-state index is 0.174. The quantitative estimate of drug-likeness (QED) is 0.140. The van der Waals surface area contributed by atoms with Crippen LogP contribution >= 0.6 is 0 Å². The first-order valence-electron chi connectivity index (χ1n) is 23.2. The SMILES string of the molecule is CC#CC(/C=C(/c1ccc(-c2ccccn2)cc1)c1cc(-c2ccc3c(c2)c2ccccc2n3C2=CC(C)C(C)CC=C2)ccc1C)c1ccc2c(c1)c1ccccc1n2-c1ccccc1. The first-order chi connectivity index (χ1) is 32.4. The highest BCUT2D eigenvalue weighted by atomic mass is 15.0. The van der Waals surface area contributed by atoms with Crippen LogP contribution in [-0.4, -0.2) is 14.1 Å². The summed E-state index contributed by atoms with van der Waals surface area (Å²) in [5.41, 5.74) is 17.5. The predicted octanol–water partition coefficient (Wildman–Crippen LogP) is 16.2. The fourth-order valence-corrected chi connectivity index (χ4v) is 10.1. The molecule has 1 aliphatic rings. The van der Waals surface area contributed by atoms with E-state index >= 15 is 0 Å². The molecule has 3 atom stereocenters. The molecule has 0 N–H and O–H groups in total. The summed E-state index contributed by atoms with van der Waals surface area (Å²) >= 11 is 0. The highest BCUT2D eigenvalue weighted by molar-refractivity contribution is 6.12. The lowest BCUT2D eigenvalue weighted by Gasteiger charge is -2.17. The second kappa shape index (κ2) is 17.2. The van der Waals surface area contributed by atoms with Crippen molar-refractivity contribution in [3.8, 4) is 39.9 Å². The van der Waals surface area contributed by atoms with Gasteiger partial charge in [-0.1, -0.05) is 147 Å². The van der Waals surface area contributed by atoms with Crippen molar-refractivity contribution >= 4 is 54.9 Å². The van der Waals surface area contributed by atoms with Gasteiger partial charge in [0.15, 0.2) is 0 Å². The Balaban J connectivity index is 1.07. The third kappa shape index (κ3) is 7.35. The molecule has 3 aromatic heterocycles. The number of aromatic nitrogens is 3. The van der Waals surface area contributed by atoms with Crippen LogP contribution in [0.5, 0.6) is 0 Å². The molecule has 0 aliphatic heterocycles. The molecule has 66 heavy (non-hydrogen) atoms. The van der Waals surface area contributed by atoms with Crippen LogP contribution < -0.4 is 0 Å². The Labute approximate surface area is 387 Å². The number of para-hydroxylation sites is 3. The lowest BCUT2D eigenvalue weighted by Crippen LogP contribution is -2.04. The molecular weight excluding hydrogens is 799 g/mol. The molecule has 3 nitrogen and oxygen atoms in total. The van der Waals surface area contributed by atoms with E-state index in [1.54, 1.807) is 0 Å². The average Bonchev–Trinajstić information content (AvgIpc) is 3.81. The van der Waals surface area contributed by atoms with Crippen molar-refractivity contribution in [1.29, 1.82) is 0 Å². The van der Waals surface area contributed by atoms with Crippen LogP contribution in [0.25, 0.3) is 83.0 Å². The van der Waals surface area contributed by atoms with Crippen LogP contribution in [0.3, 0.4) is 0 Å². The predicted molar refractivity (Wildman–Crippen MR) is 280 cm³/mol. The van der Waals surface area contributed by atoms with E-state index in [0.717, 1.165) is 40.1 Å². The van der Waals surface area contributed by atoms with Gasteiger partial charge in [-0.3, -0.25) is 4.98 Å². The highest BCUT2D eigenvalue weighted by Crippen LogP contribution is 2.40. The zero-order valence-corrected chi connectivity index (χ0v) is 37.9. The van der Waals surface area contributed by atoms with E-state index in [2.05, 4.69) is 235 Å². The molecule has 0 radical (unpaired) electrons. The average molecular weight is 850 g/mol. The molecule has 3 heterocycles. The zero-order valence-electron chi connectivity index (χ0n) is 37.9. The molecule has 3 unspecified atom stereocenters. The molecule has 0 amide bonds. The number of aryl methyl sites for hydroxylation is 1. The Morgan fingerprint density at radius 3 is 2.02 bits per heavy atom. The Kier molecular flexibility index (Phi) is 10.7. The molecule has 0 bridgehead atoms. The molecule has 318 valence electrons. The molecular formula is C63H51N3. The zero-order chi connectivity index (χ0) is 44.7. The van der Waals surface area contributed by atoms with Gasteiger partial charge < -0.3 is 9.13 Å². The summed E-state index contributed by atoms with van der Waals surface area (Å²) in [6, 6.07) is 64.1. The summed E-state index contributed by atoms with van der Waals surface area (Å²) in [4.78, 5) is 4.66. The van der Waals surface area contributed by atoms with Crippen molar-refractivity contribution in [2.45, 2.75) is 40.0 Å². The standard InChI is InChI=1S/C63H51N3/c1-5-16-47(49-32-34-62-57(40-49)53-21-9-11-24-60(53)65(62)51-18-7-6-8-19-51)39-56(45-28-30-46(31-29-45)59-23-13-14-36-64-59)55-38-48(27-26-43(55)3)50-33-35-63-58(41-50)54-22-10-12-25-61(54)66(63)52-20-15-17-42(2)44(4)37-52/h6-15,18-42,44,47H,17H2,1-4H3/b56-39-. The molecule has 0 saturated carbocycles. The van der Waals surface area contributed by atoms with Crippen molar-refractivity contribution in [3.63, 3.8) is 0 Å². The van der Waals surface area contributed by atoms with E-state index in [9.17, 15) is 0 Å². The minimum atomic E-state index is -0.174. The molecule has 0 spiro atoms. The molecule has 7 aromatic carbocycles. The van der Waals surface area contributed by atoms with Gasteiger partial charge in [0.25, 0.3) is 0 Å². The summed E-state index contributed by atoms with van der Waals surface area (Å²) < 4.78 is 4.83. The normalized spacial score (nSPS) is 15.8. The number of pyridine rings is 1. The second-order valence-corrected chi connectivity index (χ2v) is 17.9. The van der Waals surface area contributed by atoms with Gasteiger partial charge in [0.2, 0.25) is 0 Å². The Morgan fingerprint density at radius 2 is 1.26 bits per heavy atom. The summed E-state index contributed by atoms with van der Waals surface area (Å²) in [7, 11) is 0. The summed E-state index contributed by atoms with van der Waals surface area (Å²) in [5.74, 6) is 7.88. The van der Waals surface area contributed by atoms with Gasteiger partial charge in [0, 0.05) is 44.7 Å². The number of hydrogen-bond donors (Lipinski definition) is 0. The van der Waals surface area contributed by atoms with Crippen molar-refractivity contribution in [1.82, 2.24) is 14.1 Å². The van der Waals surface area contributed by atoms with Gasteiger partial charge in [-0.2, -0.15) is 0 Å². The Hall–Kier alpha value is -7.93. The second-order valence-electron chi connectivity index (χ2n) is 17.9. The Bertz CT molecular complexity index is 3610. The minimum Gasteiger partial charge on any atom is -0.310 e. The van der Waals surface area contributed by atoms with E-state index in [0.29, 0.717) is 11.8 Å². The monoisotopic (exact) mass is 849 g/mol. The molecule has 10 aromatic rings. The van der Waals surface area contributed by atoms with Crippen molar-refractivity contribution in [3.05, 3.63) is 229 Å². The first kappa shape index (κ1) is 40.8. The molecule has 0 fully saturated rings. The molecule has 1 aliphatic carbocycles. The van der Waals surface area contributed by atoms with Crippen molar-refractivity contribution in [2.75, 3.05) is 0 Å². The van der Waals surface area contributed by atoms with Gasteiger partial charge in [0.1, 0.15) is 0 Å². The third-order valence-electron chi connectivity index (χ3n) is 13.8. The summed E-state index contributed by atoms with van der Waals surface area (Å²) in [5, 5.41) is 4.97. The van der Waals surface area contributed by atoms with Crippen molar-refractivity contribution < 1.29 is 0 Å². The number of rotatable bonds is 8. The smallest absolute Gasteiger partial charge is 0.0701 e. The van der Waals surface area contributed by atoms with E-state index in [1.165, 1.54) is 71.6 Å². The topological polar surface area (TPSA) is 22.8 Å². The number of benzene rings is 7. The highest BCUT2D eigenvalue weighted by Gasteiger charge is 2.20. The van der Waals surface area contributed by atoms with Gasteiger partial charge >= 0.3 is 0 Å². The largest absolute Gasteiger partial charge is 0.310 e. The number of nitrogens with zero attached hydrogens (tertiary/aromatic N) is 3. The van der Waals surface area contributed by atoms with E-state index < -0.39 is 0 Å². The van der Waals surface area contributed by atoms with Crippen LogP contribution in [0.4, 0.5) is 0 Å². The van der Waals surface area contributed by atoms with E-state index in [-0.39, 0.29) is 5.92 Å². The lowest BCUT2D eigenvalue weighted by atomic mass is 9.86. The van der Waals surface area contributed by atoms with Gasteiger partial charge in [-0.25, -0.2) is 0 Å². The van der Waals surface area contributed by atoms with Crippen LogP contribution in [-0.2, 0) is 0 Å². The van der Waals surface area contributed by atoms with Crippen LogP contribution in [0.1, 0.15) is 55.4 Å². The van der Waals surface area contributed by atoms with Gasteiger partial charge in [0.05, 0.1) is 33.7 Å². The maximum absolute atomic E-state index is 4.66. The van der Waals surface area contributed by atoms with Crippen LogP contribution in [0.2, 0.25) is 0 Å². The number of hydrogen-bond acceptors (Lipinski definition) is 1. The maximum atomic E-state index is 4.66. The molecule has 11 rings (SSSR count). The van der Waals surface area contributed by atoms with Crippen LogP contribution in [0, 0.1) is 30.6 Å². The summed E-state index contributed by atoms with van der Waals surface area (Å²) in [6.45, 7) is 8.87. The van der Waals surface area contributed by atoms with Crippen LogP contribution in [0.15, 0.2) is 206 Å². The first-order valence-corrected chi connectivity index (χ1v) is 23.2. The number of fused-ring (bicyclic) bond motifs is 6. The Morgan fingerprint density at radius 1 is 0.621 bits per heavy atom. The van der Waals surface area contributed by atoms with Gasteiger partial charge in [-0.05, 0) is 144 Å². The molecule has 0 saturated heterocycles. The maximum Gasteiger partial charge on any atom is 0.0701 e. The van der Waals surface area contributed by atoms with E-state index in [4.69, 9.17) is 0 Å².